The quantitative estimate of drug-likeness (QED) is 0.0537. The highest BCUT2D eigenvalue weighted by molar-refractivity contribution is 5.73. The second-order valence-corrected chi connectivity index (χ2v) is 18.4. The van der Waals surface area contributed by atoms with Crippen molar-refractivity contribution in [2.24, 2.45) is 23.7 Å². The summed E-state index contributed by atoms with van der Waals surface area (Å²) in [4.78, 5) is 34.9. The Morgan fingerprint density at radius 2 is 0.672 bits per heavy atom. The van der Waals surface area contributed by atoms with E-state index in [0.29, 0.717) is 56.8 Å². The lowest BCUT2D eigenvalue weighted by Crippen LogP contribution is -2.30. The molecule has 0 unspecified atom stereocenters. The summed E-state index contributed by atoms with van der Waals surface area (Å²) in [6.45, 7) is 10.1. The largest absolute Gasteiger partial charge is 0.465 e. The average Bonchev–Trinajstić information content (AvgIpc) is 3.39. The van der Waals surface area contributed by atoms with E-state index in [1.54, 1.807) is 0 Å². The number of piperidine rings is 3. The molecule has 1 aliphatic carbocycles. The molecule has 0 amide bonds. The van der Waals surface area contributed by atoms with Gasteiger partial charge in [0.2, 0.25) is 0 Å². The van der Waals surface area contributed by atoms with Crippen LogP contribution in [0.15, 0.2) is 121 Å². The predicted molar refractivity (Wildman–Crippen MR) is 268 cm³/mol. The SMILES string of the molecule is O=C(Cc1ccccc1)OCC1CCCCC1.O=C(Cc1ccccc1)OCC1CCNCC1.O=C(Cc1ccccc1)OCC1CCNCC1.c1ccc(CCOCC2CCNCC2)cc1. The van der Waals surface area contributed by atoms with Crippen molar-refractivity contribution in [2.45, 2.75) is 96.3 Å². The van der Waals surface area contributed by atoms with Crippen LogP contribution in [0, 0.1) is 23.7 Å². The van der Waals surface area contributed by atoms with Crippen LogP contribution in [0.4, 0.5) is 0 Å². The monoisotopic (exact) mass is 918 g/mol. The van der Waals surface area contributed by atoms with Gasteiger partial charge in [-0.15, -0.1) is 0 Å². The third-order valence-electron chi connectivity index (χ3n) is 12.8. The van der Waals surface area contributed by atoms with E-state index in [1.807, 2.05) is 91.0 Å². The maximum Gasteiger partial charge on any atom is 0.310 e. The van der Waals surface area contributed by atoms with Crippen LogP contribution in [0.5, 0.6) is 0 Å². The number of ether oxygens (including phenoxy) is 4. The van der Waals surface area contributed by atoms with Gasteiger partial charge >= 0.3 is 17.9 Å². The van der Waals surface area contributed by atoms with Gasteiger partial charge in [-0.3, -0.25) is 14.4 Å². The summed E-state index contributed by atoms with van der Waals surface area (Å²) >= 11 is 0. The first-order valence-electron chi connectivity index (χ1n) is 25.3. The maximum atomic E-state index is 11.6. The molecule has 364 valence electrons. The van der Waals surface area contributed by atoms with E-state index < -0.39 is 0 Å². The third kappa shape index (κ3) is 24.6. The average molecular weight is 918 g/mol. The topological polar surface area (TPSA) is 124 Å². The lowest BCUT2D eigenvalue weighted by atomic mass is 9.90. The Morgan fingerprint density at radius 1 is 0.373 bits per heavy atom. The van der Waals surface area contributed by atoms with Gasteiger partial charge in [-0.25, -0.2) is 0 Å². The maximum absolute atomic E-state index is 11.6. The van der Waals surface area contributed by atoms with Gasteiger partial charge in [-0.1, -0.05) is 141 Å². The third-order valence-corrected chi connectivity index (χ3v) is 12.8. The number of rotatable bonds is 17. The zero-order chi connectivity index (χ0) is 46.8. The van der Waals surface area contributed by atoms with E-state index in [-0.39, 0.29) is 17.9 Å². The van der Waals surface area contributed by atoms with Crippen molar-refractivity contribution in [3.63, 3.8) is 0 Å². The van der Waals surface area contributed by atoms with Gasteiger partial charge in [-0.2, -0.15) is 0 Å². The molecule has 0 radical (unpaired) electrons. The summed E-state index contributed by atoms with van der Waals surface area (Å²) in [7, 11) is 0. The second-order valence-electron chi connectivity index (χ2n) is 18.4. The first-order chi connectivity index (χ1) is 33.0. The summed E-state index contributed by atoms with van der Waals surface area (Å²) in [5.74, 6) is 2.12. The van der Waals surface area contributed by atoms with Crippen LogP contribution in [0.1, 0.15) is 92.9 Å². The van der Waals surface area contributed by atoms with Crippen LogP contribution in [0.2, 0.25) is 0 Å². The van der Waals surface area contributed by atoms with E-state index in [4.69, 9.17) is 18.9 Å². The Labute approximate surface area is 401 Å². The van der Waals surface area contributed by atoms with Gasteiger partial charge in [0.15, 0.2) is 0 Å². The highest BCUT2D eigenvalue weighted by atomic mass is 16.5. The van der Waals surface area contributed by atoms with Crippen molar-refractivity contribution >= 4 is 17.9 Å². The smallest absolute Gasteiger partial charge is 0.310 e. The molecular weight excluding hydrogens is 839 g/mol. The standard InChI is InChI=1S/C15H20O2.2C14H19NO2.C14H21NO/c16-15(11-13-7-3-1-4-8-13)17-12-14-9-5-2-6-10-14;2*16-14(10-12-4-2-1-3-5-12)17-11-13-6-8-15-9-7-13;1-2-4-13(5-3-1)8-11-16-12-14-6-9-15-10-7-14/h1,3-4,7-8,14H,2,5-6,9-12H2;2*1-5,13,15H,6-11H2;1-5,14-15H,6-12H2. The number of benzene rings is 4. The van der Waals surface area contributed by atoms with Gasteiger partial charge in [-0.05, 0) is 143 Å². The lowest BCUT2D eigenvalue weighted by Gasteiger charge is -2.22. The summed E-state index contributed by atoms with van der Waals surface area (Å²) in [6, 6.07) is 39.8. The number of hydrogen-bond acceptors (Lipinski definition) is 10. The van der Waals surface area contributed by atoms with E-state index in [1.165, 1.54) is 50.5 Å². The summed E-state index contributed by atoms with van der Waals surface area (Å²) in [5, 5.41) is 9.98. The van der Waals surface area contributed by atoms with Gasteiger partial charge < -0.3 is 34.9 Å². The molecule has 3 heterocycles. The Kier molecular flexibility index (Phi) is 26.6. The Bertz CT molecular complexity index is 1690. The molecule has 4 aliphatic rings. The summed E-state index contributed by atoms with van der Waals surface area (Å²) in [5.41, 5.74) is 4.43. The minimum atomic E-state index is -0.116. The Hall–Kier alpha value is -4.87. The Morgan fingerprint density at radius 3 is 1.01 bits per heavy atom. The molecule has 4 aromatic rings. The molecule has 0 spiro atoms. The van der Waals surface area contributed by atoms with Crippen molar-refractivity contribution in [3.8, 4) is 0 Å². The predicted octanol–water partition coefficient (Wildman–Crippen LogP) is 9.14. The van der Waals surface area contributed by atoms with Gasteiger partial charge in [0.05, 0.1) is 45.7 Å². The number of nitrogens with one attached hydrogen (secondary N) is 3. The Balaban J connectivity index is 0.000000167. The molecule has 3 N–H and O–H groups in total. The number of carbonyl (C=O) groups is 3. The molecule has 8 rings (SSSR count). The zero-order valence-corrected chi connectivity index (χ0v) is 40.1. The van der Waals surface area contributed by atoms with E-state index >= 15 is 0 Å². The van der Waals surface area contributed by atoms with Crippen molar-refractivity contribution in [1.29, 1.82) is 0 Å². The molecule has 3 saturated heterocycles. The van der Waals surface area contributed by atoms with Crippen LogP contribution in [-0.2, 0) is 59.0 Å². The molecule has 0 aromatic heterocycles. The van der Waals surface area contributed by atoms with Crippen LogP contribution in [0.25, 0.3) is 0 Å². The van der Waals surface area contributed by atoms with Gasteiger partial charge in [0.25, 0.3) is 0 Å². The van der Waals surface area contributed by atoms with Crippen LogP contribution >= 0.6 is 0 Å². The summed E-state index contributed by atoms with van der Waals surface area (Å²) in [6.07, 6.45) is 15.5. The molecule has 0 atom stereocenters. The highest BCUT2D eigenvalue weighted by Crippen LogP contribution is 2.24. The van der Waals surface area contributed by atoms with Crippen molar-refractivity contribution in [3.05, 3.63) is 144 Å². The summed E-state index contributed by atoms with van der Waals surface area (Å²) < 4.78 is 21.7. The molecule has 3 aliphatic heterocycles. The minimum absolute atomic E-state index is 0.0956. The minimum Gasteiger partial charge on any atom is -0.465 e. The van der Waals surface area contributed by atoms with E-state index in [2.05, 4.69) is 46.3 Å². The van der Waals surface area contributed by atoms with Gasteiger partial charge in [0, 0.05) is 6.61 Å². The van der Waals surface area contributed by atoms with Crippen LogP contribution in [-0.4, -0.2) is 90.2 Å². The second kappa shape index (κ2) is 33.6. The number of esters is 3. The molecule has 4 fully saturated rings. The molecule has 67 heavy (non-hydrogen) atoms. The molecule has 4 aromatic carbocycles. The fraction of sp³-hybridized carbons (Fsp3) is 0.526. The molecule has 10 heteroatoms. The number of hydrogen-bond donors (Lipinski definition) is 3. The van der Waals surface area contributed by atoms with E-state index in [9.17, 15) is 14.4 Å². The first kappa shape index (κ1) is 53.1. The molecule has 1 saturated carbocycles. The highest BCUT2D eigenvalue weighted by Gasteiger charge is 2.18. The lowest BCUT2D eigenvalue weighted by molar-refractivity contribution is -0.145. The van der Waals surface area contributed by atoms with Crippen molar-refractivity contribution in [2.75, 3.05) is 72.3 Å². The fourth-order valence-corrected chi connectivity index (χ4v) is 8.66. The van der Waals surface area contributed by atoms with E-state index in [0.717, 1.165) is 107 Å². The fourth-order valence-electron chi connectivity index (χ4n) is 8.66. The normalized spacial score (nSPS) is 16.9. The first-order valence-corrected chi connectivity index (χ1v) is 25.3. The number of carbonyl (C=O) groups excluding carboxylic acids is 3. The zero-order valence-electron chi connectivity index (χ0n) is 40.1. The van der Waals surface area contributed by atoms with Crippen LogP contribution in [0.3, 0.4) is 0 Å². The van der Waals surface area contributed by atoms with Crippen LogP contribution < -0.4 is 16.0 Å². The molecular formula is C57H79N3O7. The van der Waals surface area contributed by atoms with Crippen molar-refractivity contribution < 1.29 is 33.3 Å². The molecule has 10 nitrogen and oxygen atoms in total. The molecule has 0 bridgehead atoms. The van der Waals surface area contributed by atoms with Crippen molar-refractivity contribution in [1.82, 2.24) is 16.0 Å². The van der Waals surface area contributed by atoms with Gasteiger partial charge in [0.1, 0.15) is 0 Å².